The zero-order valence-corrected chi connectivity index (χ0v) is 19.4. The molecule has 1 atom stereocenters. The van der Waals surface area contributed by atoms with Gasteiger partial charge in [-0.15, -0.1) is 10.2 Å². The fourth-order valence-corrected chi connectivity index (χ4v) is 4.22. The first-order valence-electron chi connectivity index (χ1n) is 10.5. The van der Waals surface area contributed by atoms with E-state index in [1.807, 2.05) is 79.2 Å². The Morgan fingerprint density at radius 2 is 1.84 bits per heavy atom. The van der Waals surface area contributed by atoms with Crippen molar-refractivity contribution in [1.82, 2.24) is 14.8 Å². The van der Waals surface area contributed by atoms with Gasteiger partial charge in [0.2, 0.25) is 5.91 Å². The van der Waals surface area contributed by atoms with Crippen LogP contribution >= 0.6 is 11.8 Å². The normalized spacial score (nSPS) is 12.0. The molecule has 3 aromatic carbocycles. The standard InChI is InChI=1S/C25H26N4O2S/c1-16-12-13-20(14-17(16)2)31-18(3)24-27-28-25(29(24)4)32-15-23(30)26-22-11-7-9-19-8-5-6-10-21(19)22/h5-14,18H,15H2,1-4H3,(H,26,30). The van der Waals surface area contributed by atoms with Crippen LogP contribution in [-0.2, 0) is 11.8 Å². The highest BCUT2D eigenvalue weighted by Gasteiger charge is 2.18. The number of hydrogen-bond acceptors (Lipinski definition) is 5. The summed E-state index contributed by atoms with van der Waals surface area (Å²) in [6.07, 6.45) is -0.270. The Morgan fingerprint density at radius 1 is 1.06 bits per heavy atom. The van der Waals surface area contributed by atoms with Crippen LogP contribution in [0.3, 0.4) is 0 Å². The SMILES string of the molecule is Cc1ccc(OC(C)c2nnc(SCC(=O)Nc3cccc4ccccc34)n2C)cc1C. The van der Waals surface area contributed by atoms with Crippen molar-refractivity contribution in [3.63, 3.8) is 0 Å². The Balaban J connectivity index is 1.39. The van der Waals surface area contributed by atoms with Crippen LogP contribution in [0.25, 0.3) is 10.8 Å². The number of thioether (sulfide) groups is 1. The van der Waals surface area contributed by atoms with Gasteiger partial charge in [0.25, 0.3) is 0 Å². The highest BCUT2D eigenvalue weighted by molar-refractivity contribution is 7.99. The predicted octanol–water partition coefficient (Wildman–Crippen LogP) is 5.46. The Hall–Kier alpha value is -3.32. The summed E-state index contributed by atoms with van der Waals surface area (Å²) in [5.74, 6) is 1.66. The summed E-state index contributed by atoms with van der Waals surface area (Å²) in [6, 6.07) is 19.9. The van der Waals surface area contributed by atoms with Crippen LogP contribution in [0.5, 0.6) is 5.75 Å². The molecule has 7 heteroatoms. The molecule has 1 heterocycles. The lowest BCUT2D eigenvalue weighted by atomic mass is 10.1. The minimum absolute atomic E-state index is 0.0877. The molecule has 6 nitrogen and oxygen atoms in total. The van der Waals surface area contributed by atoms with Gasteiger partial charge in [-0.3, -0.25) is 4.79 Å². The fraction of sp³-hybridized carbons (Fsp3) is 0.240. The monoisotopic (exact) mass is 446 g/mol. The van der Waals surface area contributed by atoms with Crippen LogP contribution < -0.4 is 10.1 Å². The van der Waals surface area contributed by atoms with Gasteiger partial charge in [-0.1, -0.05) is 54.2 Å². The number of rotatable bonds is 7. The molecule has 1 aromatic heterocycles. The second-order valence-electron chi connectivity index (χ2n) is 7.77. The number of anilines is 1. The van der Waals surface area contributed by atoms with Crippen molar-refractivity contribution in [3.05, 3.63) is 77.6 Å². The van der Waals surface area contributed by atoms with Crippen LogP contribution in [-0.4, -0.2) is 26.4 Å². The van der Waals surface area contributed by atoms with E-state index in [0.29, 0.717) is 11.0 Å². The Labute approximate surface area is 192 Å². The van der Waals surface area contributed by atoms with Crippen molar-refractivity contribution in [2.45, 2.75) is 32.0 Å². The van der Waals surface area contributed by atoms with Crippen LogP contribution in [0.2, 0.25) is 0 Å². The number of ether oxygens (including phenoxy) is 1. The first kappa shape index (κ1) is 21.9. The molecular formula is C25H26N4O2S. The lowest BCUT2D eigenvalue weighted by Gasteiger charge is -2.15. The molecule has 0 aliphatic carbocycles. The topological polar surface area (TPSA) is 69.0 Å². The zero-order valence-electron chi connectivity index (χ0n) is 18.6. The number of carbonyl (C=O) groups is 1. The van der Waals surface area contributed by atoms with Gasteiger partial charge < -0.3 is 14.6 Å². The second-order valence-corrected chi connectivity index (χ2v) is 8.71. The van der Waals surface area contributed by atoms with Gasteiger partial charge in [0.15, 0.2) is 17.1 Å². The molecule has 0 saturated carbocycles. The number of nitrogens with one attached hydrogen (secondary N) is 1. The number of hydrogen-bond donors (Lipinski definition) is 1. The number of fused-ring (bicyclic) bond motifs is 1. The number of benzene rings is 3. The van der Waals surface area contributed by atoms with Gasteiger partial charge in [0.1, 0.15) is 5.75 Å². The molecule has 0 bridgehead atoms. The average Bonchev–Trinajstić information content (AvgIpc) is 3.15. The number of amides is 1. The Bertz CT molecular complexity index is 1260. The van der Waals surface area contributed by atoms with Crippen LogP contribution in [0.1, 0.15) is 30.0 Å². The molecule has 1 amide bonds. The summed E-state index contributed by atoms with van der Waals surface area (Å²) in [4.78, 5) is 12.6. The minimum atomic E-state index is -0.270. The molecular weight excluding hydrogens is 420 g/mol. The van der Waals surface area contributed by atoms with Gasteiger partial charge in [0, 0.05) is 18.1 Å². The minimum Gasteiger partial charge on any atom is -0.483 e. The van der Waals surface area contributed by atoms with Crippen molar-refractivity contribution in [2.24, 2.45) is 7.05 Å². The van der Waals surface area contributed by atoms with Crippen molar-refractivity contribution in [1.29, 1.82) is 0 Å². The second kappa shape index (κ2) is 9.44. The van der Waals surface area contributed by atoms with E-state index in [-0.39, 0.29) is 17.8 Å². The van der Waals surface area contributed by atoms with Gasteiger partial charge >= 0.3 is 0 Å². The Kier molecular flexibility index (Phi) is 6.46. The molecule has 164 valence electrons. The van der Waals surface area contributed by atoms with Gasteiger partial charge in [-0.05, 0) is 55.5 Å². The third-order valence-corrected chi connectivity index (χ3v) is 6.44. The third-order valence-electron chi connectivity index (χ3n) is 5.42. The van der Waals surface area contributed by atoms with E-state index in [4.69, 9.17) is 4.74 Å². The van der Waals surface area contributed by atoms with Crippen LogP contribution in [0.4, 0.5) is 5.69 Å². The maximum atomic E-state index is 12.6. The first-order chi connectivity index (χ1) is 15.4. The Morgan fingerprint density at radius 3 is 2.66 bits per heavy atom. The smallest absolute Gasteiger partial charge is 0.234 e. The molecule has 1 N–H and O–H groups in total. The summed E-state index contributed by atoms with van der Waals surface area (Å²) in [5.41, 5.74) is 3.22. The molecule has 32 heavy (non-hydrogen) atoms. The van der Waals surface area contributed by atoms with E-state index in [1.165, 1.54) is 22.9 Å². The maximum absolute atomic E-state index is 12.6. The number of aryl methyl sites for hydroxylation is 2. The molecule has 4 aromatic rings. The lowest BCUT2D eigenvalue weighted by molar-refractivity contribution is -0.113. The quantitative estimate of drug-likeness (QED) is 0.382. The highest BCUT2D eigenvalue weighted by Crippen LogP contribution is 2.26. The molecule has 0 radical (unpaired) electrons. The van der Waals surface area contributed by atoms with Crippen molar-refractivity contribution in [3.8, 4) is 5.75 Å². The number of nitrogens with zero attached hydrogens (tertiary/aromatic N) is 3. The maximum Gasteiger partial charge on any atom is 0.234 e. The van der Waals surface area contributed by atoms with E-state index >= 15 is 0 Å². The summed E-state index contributed by atoms with van der Waals surface area (Å²) < 4.78 is 7.94. The van der Waals surface area contributed by atoms with Crippen LogP contribution in [0.15, 0.2) is 65.8 Å². The predicted molar refractivity (Wildman–Crippen MR) is 129 cm³/mol. The molecule has 0 fully saturated rings. The van der Waals surface area contributed by atoms with E-state index in [1.54, 1.807) is 0 Å². The number of aromatic nitrogens is 3. The zero-order chi connectivity index (χ0) is 22.7. The van der Waals surface area contributed by atoms with Gasteiger partial charge in [0.05, 0.1) is 5.75 Å². The lowest BCUT2D eigenvalue weighted by Crippen LogP contribution is -2.15. The van der Waals surface area contributed by atoms with Gasteiger partial charge in [-0.25, -0.2) is 0 Å². The van der Waals surface area contributed by atoms with Crippen molar-refractivity contribution >= 4 is 34.1 Å². The summed E-state index contributed by atoms with van der Waals surface area (Å²) in [7, 11) is 1.89. The fourth-order valence-electron chi connectivity index (χ4n) is 3.50. The van der Waals surface area contributed by atoms with Crippen LogP contribution in [0, 0.1) is 13.8 Å². The average molecular weight is 447 g/mol. The van der Waals surface area contributed by atoms with Crippen molar-refractivity contribution in [2.75, 3.05) is 11.1 Å². The molecule has 4 rings (SSSR count). The molecule has 0 saturated heterocycles. The highest BCUT2D eigenvalue weighted by atomic mass is 32.2. The van der Waals surface area contributed by atoms with E-state index < -0.39 is 0 Å². The van der Waals surface area contributed by atoms with E-state index in [9.17, 15) is 4.79 Å². The number of carbonyl (C=O) groups excluding carboxylic acids is 1. The third kappa shape index (κ3) is 4.78. The van der Waals surface area contributed by atoms with Crippen molar-refractivity contribution < 1.29 is 9.53 Å². The first-order valence-corrected chi connectivity index (χ1v) is 11.4. The largest absolute Gasteiger partial charge is 0.483 e. The molecule has 0 aliphatic rings. The van der Waals surface area contributed by atoms with E-state index in [0.717, 1.165) is 22.2 Å². The van der Waals surface area contributed by atoms with E-state index in [2.05, 4.69) is 29.4 Å². The summed E-state index contributed by atoms with van der Waals surface area (Å²) in [6.45, 7) is 6.08. The van der Waals surface area contributed by atoms with Gasteiger partial charge in [-0.2, -0.15) is 0 Å². The molecule has 1 unspecified atom stereocenters. The summed E-state index contributed by atoms with van der Waals surface area (Å²) in [5, 5.41) is 14.3. The molecule has 0 aliphatic heterocycles. The molecule has 0 spiro atoms. The summed E-state index contributed by atoms with van der Waals surface area (Å²) >= 11 is 1.35.